The first-order valence-electron chi connectivity index (χ1n) is 9.28. The Kier molecular flexibility index (Phi) is 8.15. The smallest absolute Gasteiger partial charge is 0.333 e. The van der Waals surface area contributed by atoms with E-state index in [0.29, 0.717) is 36.2 Å². The van der Waals surface area contributed by atoms with Crippen molar-refractivity contribution >= 4 is 18.1 Å². The van der Waals surface area contributed by atoms with Crippen LogP contribution in [0.15, 0.2) is 63.7 Å². The summed E-state index contributed by atoms with van der Waals surface area (Å²) in [5.41, 5.74) is 2.69. The maximum absolute atomic E-state index is 11.4. The van der Waals surface area contributed by atoms with Gasteiger partial charge in [-0.15, -0.1) is 0 Å². The van der Waals surface area contributed by atoms with Gasteiger partial charge in [0.2, 0.25) is 0 Å². The van der Waals surface area contributed by atoms with Crippen molar-refractivity contribution < 1.29 is 23.3 Å². The van der Waals surface area contributed by atoms with E-state index >= 15 is 0 Å². The fourth-order valence-electron chi connectivity index (χ4n) is 2.49. The summed E-state index contributed by atoms with van der Waals surface area (Å²) in [7, 11) is 1.62. The summed E-state index contributed by atoms with van der Waals surface area (Å²) in [5.74, 6) is 1.00. The van der Waals surface area contributed by atoms with E-state index < -0.39 is 0 Å². The van der Waals surface area contributed by atoms with E-state index in [4.69, 9.17) is 18.5 Å². The molecule has 2 rings (SSSR count). The molecular weight excluding hydrogens is 370 g/mol. The monoisotopic (exact) mass is 397 g/mol. The van der Waals surface area contributed by atoms with E-state index in [9.17, 15) is 4.79 Å². The van der Waals surface area contributed by atoms with Crippen LogP contribution in [0.4, 0.5) is 0 Å². The number of ether oxygens (including phenoxy) is 2. The number of aromatic amines is 1. The Bertz CT molecular complexity index is 1020. The molecule has 0 saturated carbocycles. The molecular formula is C23H27NO5. The van der Waals surface area contributed by atoms with Crippen molar-refractivity contribution in [2.45, 2.75) is 26.7 Å². The Labute approximate surface area is 170 Å². The second-order valence-corrected chi connectivity index (χ2v) is 6.46. The normalized spacial score (nSPS) is 11.8. The number of nitrogens with one attached hydrogen (secondary N) is 1. The zero-order valence-corrected chi connectivity index (χ0v) is 17.1. The predicted molar refractivity (Wildman–Crippen MR) is 113 cm³/mol. The summed E-state index contributed by atoms with van der Waals surface area (Å²) < 4.78 is 21.3. The van der Waals surface area contributed by atoms with Crippen LogP contribution in [0.3, 0.4) is 0 Å². The van der Waals surface area contributed by atoms with Crippen LogP contribution in [0.25, 0.3) is 23.5 Å². The highest BCUT2D eigenvalue weighted by atomic mass is 16.7. The molecule has 154 valence electrons. The van der Waals surface area contributed by atoms with Crippen molar-refractivity contribution in [3.05, 3.63) is 65.3 Å². The summed E-state index contributed by atoms with van der Waals surface area (Å²) in [6.45, 7) is 11.5. The first-order chi connectivity index (χ1) is 13.9. The van der Waals surface area contributed by atoms with Crippen LogP contribution in [0, 0.1) is 0 Å². The topological polar surface area (TPSA) is 77.6 Å². The molecule has 0 fully saturated rings. The van der Waals surface area contributed by atoms with E-state index in [1.54, 1.807) is 14.0 Å². The van der Waals surface area contributed by atoms with Crippen LogP contribution in [-0.4, -0.2) is 25.0 Å². The maximum atomic E-state index is 11.4. The minimum atomic E-state index is -0.380. The lowest BCUT2D eigenvalue weighted by atomic mass is 10.1. The maximum Gasteiger partial charge on any atom is 0.333 e. The number of carbonyl (C=O) groups excluding carboxylic acids is 1. The number of aromatic nitrogens is 1. The molecule has 0 spiro atoms. The first-order valence-corrected chi connectivity index (χ1v) is 9.28. The molecule has 0 aliphatic heterocycles. The van der Waals surface area contributed by atoms with Gasteiger partial charge in [0.15, 0.2) is 11.2 Å². The van der Waals surface area contributed by atoms with Gasteiger partial charge >= 0.3 is 5.97 Å². The van der Waals surface area contributed by atoms with Crippen molar-refractivity contribution in [3.63, 3.8) is 0 Å². The van der Waals surface area contributed by atoms with Gasteiger partial charge in [-0.1, -0.05) is 30.1 Å². The van der Waals surface area contributed by atoms with Crippen LogP contribution in [0.5, 0.6) is 5.75 Å². The lowest BCUT2D eigenvalue weighted by Gasteiger charge is -2.03. The van der Waals surface area contributed by atoms with Crippen molar-refractivity contribution in [3.8, 4) is 17.1 Å². The van der Waals surface area contributed by atoms with Crippen LogP contribution >= 0.6 is 0 Å². The third-order valence-electron chi connectivity index (χ3n) is 4.12. The Balaban J connectivity index is 2.18. The van der Waals surface area contributed by atoms with E-state index in [2.05, 4.69) is 18.5 Å². The highest BCUT2D eigenvalue weighted by Gasteiger charge is 2.04. The highest BCUT2D eigenvalue weighted by molar-refractivity contribution is 5.86. The second kappa shape index (κ2) is 10.8. The number of benzene rings is 1. The molecule has 1 aromatic heterocycles. The summed E-state index contributed by atoms with van der Waals surface area (Å²) in [4.78, 5) is 11.4. The molecule has 1 aromatic carbocycles. The van der Waals surface area contributed by atoms with Crippen LogP contribution in [0.1, 0.15) is 26.7 Å². The van der Waals surface area contributed by atoms with Crippen LogP contribution < -0.4 is 15.4 Å². The zero-order chi connectivity index (χ0) is 21.2. The van der Waals surface area contributed by atoms with Crippen molar-refractivity contribution in [1.29, 1.82) is 0 Å². The zero-order valence-electron chi connectivity index (χ0n) is 17.1. The molecule has 6 heteroatoms. The van der Waals surface area contributed by atoms with Crippen molar-refractivity contribution in [1.82, 2.24) is 5.33 Å². The molecule has 0 amide bonds. The van der Waals surface area contributed by atoms with Gasteiger partial charge in [0.05, 0.1) is 13.7 Å². The number of hydrogen-bond donors (Lipinski definition) is 1. The molecule has 0 aliphatic rings. The minimum absolute atomic E-state index is 0.314. The van der Waals surface area contributed by atoms with Crippen LogP contribution in [0.2, 0.25) is 0 Å². The Hall–Kier alpha value is -3.41. The number of hydrogen-bond acceptors (Lipinski definition) is 5. The standard InChI is InChI=1S/C23H27NO5/c1-6-18-15-22(19-9-11-20(26-5)12-10-19)29-24-28-21(18)14-17(4)8-7-13-27-23(25)16(2)3/h6,9-12,14-15,24H,2,4,7-8,13H2,1,3,5H3/b18-6-,21-14+. The molecule has 1 heterocycles. The third kappa shape index (κ3) is 6.60. The molecule has 0 unspecified atom stereocenters. The molecule has 0 saturated heterocycles. The van der Waals surface area contributed by atoms with Gasteiger partial charge < -0.3 is 18.5 Å². The van der Waals surface area contributed by atoms with Crippen LogP contribution in [-0.2, 0) is 9.53 Å². The Morgan fingerprint density at radius 1 is 1.21 bits per heavy atom. The second-order valence-electron chi connectivity index (χ2n) is 6.46. The highest BCUT2D eigenvalue weighted by Crippen LogP contribution is 2.20. The fourth-order valence-corrected chi connectivity index (χ4v) is 2.49. The molecule has 6 nitrogen and oxygen atoms in total. The van der Waals surface area contributed by atoms with E-state index in [1.807, 2.05) is 49.4 Å². The molecule has 2 aromatic rings. The lowest BCUT2D eigenvalue weighted by Crippen LogP contribution is -2.22. The molecule has 0 atom stereocenters. The summed E-state index contributed by atoms with van der Waals surface area (Å²) in [5, 5.41) is 3.35. The molecule has 29 heavy (non-hydrogen) atoms. The van der Waals surface area contributed by atoms with E-state index in [-0.39, 0.29) is 5.97 Å². The van der Waals surface area contributed by atoms with Gasteiger partial charge in [0, 0.05) is 16.4 Å². The number of H-pyrrole nitrogens is 1. The average molecular weight is 397 g/mol. The van der Waals surface area contributed by atoms with Crippen molar-refractivity contribution in [2.24, 2.45) is 0 Å². The van der Waals surface area contributed by atoms with Gasteiger partial charge in [-0.2, -0.15) is 0 Å². The SMILES string of the molecule is C=C(/C=c1/o[nH]oc(-c2ccc(OC)cc2)c/c1=C/C)CCCOC(=O)C(=C)C. The summed E-state index contributed by atoms with van der Waals surface area (Å²) in [6, 6.07) is 9.41. The quantitative estimate of drug-likeness (QED) is 0.413. The summed E-state index contributed by atoms with van der Waals surface area (Å²) in [6.07, 6.45) is 5.07. The van der Waals surface area contributed by atoms with Gasteiger partial charge in [-0.3, -0.25) is 0 Å². The van der Waals surface area contributed by atoms with E-state index in [0.717, 1.165) is 22.1 Å². The molecule has 1 N–H and O–H groups in total. The number of esters is 1. The largest absolute Gasteiger partial charge is 0.497 e. The predicted octanol–water partition coefficient (Wildman–Crippen LogP) is 4.04. The van der Waals surface area contributed by atoms with Gasteiger partial charge in [0.25, 0.3) is 0 Å². The molecule has 0 radical (unpaired) electrons. The van der Waals surface area contributed by atoms with Gasteiger partial charge in [-0.05, 0) is 63.1 Å². The number of methoxy groups -OCH3 is 1. The number of allylic oxidation sites excluding steroid dienone is 1. The van der Waals surface area contributed by atoms with Crippen molar-refractivity contribution in [2.75, 3.05) is 13.7 Å². The minimum Gasteiger partial charge on any atom is -0.497 e. The van der Waals surface area contributed by atoms with Gasteiger partial charge in [0.1, 0.15) is 5.75 Å². The van der Waals surface area contributed by atoms with Gasteiger partial charge in [-0.25, -0.2) is 4.79 Å². The lowest BCUT2D eigenvalue weighted by molar-refractivity contribution is -0.139. The molecule has 0 aliphatic carbocycles. The number of rotatable bonds is 8. The first kappa shape index (κ1) is 21.9. The Morgan fingerprint density at radius 2 is 1.93 bits per heavy atom. The summed E-state index contributed by atoms with van der Waals surface area (Å²) >= 11 is 0. The average Bonchev–Trinajstić information content (AvgIpc) is 2.93. The third-order valence-corrected chi connectivity index (χ3v) is 4.12. The Morgan fingerprint density at radius 3 is 2.55 bits per heavy atom. The molecule has 0 bridgehead atoms. The van der Waals surface area contributed by atoms with E-state index in [1.165, 1.54) is 0 Å². The fraction of sp³-hybridized carbons (Fsp3) is 0.261. The number of carbonyl (C=O) groups is 1.